The van der Waals surface area contributed by atoms with Crippen LogP contribution in [0.3, 0.4) is 0 Å². The van der Waals surface area contributed by atoms with Crippen molar-refractivity contribution >= 4 is 11.9 Å². The number of hydrogen-bond donors (Lipinski definition) is 3. The Balaban J connectivity index is 2.08. The van der Waals surface area contributed by atoms with Gasteiger partial charge < -0.3 is 21.3 Å². The van der Waals surface area contributed by atoms with Crippen LogP contribution in [-0.2, 0) is 4.79 Å². The SMILES string of the molecule is CC(C)C(N)CCN(C)C(=O)CCCNC(=O)NC1CCCCC1. The lowest BCUT2D eigenvalue weighted by Crippen LogP contribution is -2.43. The summed E-state index contributed by atoms with van der Waals surface area (Å²) < 4.78 is 0. The Morgan fingerprint density at radius 3 is 2.50 bits per heavy atom. The Morgan fingerprint density at radius 1 is 1.21 bits per heavy atom. The molecule has 1 atom stereocenters. The molecule has 140 valence electrons. The zero-order valence-electron chi connectivity index (χ0n) is 15.6. The number of carbonyl (C=O) groups is 2. The molecule has 0 aromatic heterocycles. The molecule has 0 saturated heterocycles. The Bertz CT molecular complexity index is 381. The van der Waals surface area contributed by atoms with Crippen LogP contribution >= 0.6 is 0 Å². The van der Waals surface area contributed by atoms with Crippen molar-refractivity contribution in [2.24, 2.45) is 11.7 Å². The summed E-state index contributed by atoms with van der Waals surface area (Å²) in [5, 5.41) is 5.86. The molecule has 3 amide bonds. The van der Waals surface area contributed by atoms with Crippen molar-refractivity contribution in [2.45, 2.75) is 77.3 Å². The fourth-order valence-corrected chi connectivity index (χ4v) is 2.92. The topological polar surface area (TPSA) is 87.5 Å². The minimum atomic E-state index is -0.106. The first-order valence-electron chi connectivity index (χ1n) is 9.44. The highest BCUT2D eigenvalue weighted by Crippen LogP contribution is 2.17. The molecule has 0 spiro atoms. The summed E-state index contributed by atoms with van der Waals surface area (Å²) >= 11 is 0. The molecule has 1 unspecified atom stereocenters. The molecule has 1 fully saturated rings. The number of rotatable bonds is 9. The second-order valence-electron chi connectivity index (χ2n) is 7.35. The summed E-state index contributed by atoms with van der Waals surface area (Å²) in [6.07, 6.45) is 7.77. The third-order valence-corrected chi connectivity index (χ3v) is 4.87. The van der Waals surface area contributed by atoms with Gasteiger partial charge in [0.05, 0.1) is 0 Å². The summed E-state index contributed by atoms with van der Waals surface area (Å²) in [4.78, 5) is 25.6. The fraction of sp³-hybridized carbons (Fsp3) is 0.889. The summed E-state index contributed by atoms with van der Waals surface area (Å²) in [7, 11) is 1.82. The van der Waals surface area contributed by atoms with Crippen molar-refractivity contribution < 1.29 is 9.59 Å². The second kappa shape index (κ2) is 11.3. The molecule has 6 heteroatoms. The standard InChI is InChI=1S/C18H36N4O2/c1-14(2)16(19)11-13-22(3)17(23)10-7-12-20-18(24)21-15-8-5-4-6-9-15/h14-16H,4-13,19H2,1-3H3,(H2,20,21,24). The van der Waals surface area contributed by atoms with E-state index in [1.54, 1.807) is 4.90 Å². The van der Waals surface area contributed by atoms with Crippen molar-refractivity contribution in [3.63, 3.8) is 0 Å². The van der Waals surface area contributed by atoms with Gasteiger partial charge >= 0.3 is 6.03 Å². The van der Waals surface area contributed by atoms with Gasteiger partial charge in [-0.1, -0.05) is 33.1 Å². The maximum atomic E-state index is 12.0. The summed E-state index contributed by atoms with van der Waals surface area (Å²) in [5.41, 5.74) is 6.00. The Labute approximate surface area is 146 Å². The van der Waals surface area contributed by atoms with Crippen LogP contribution in [0.2, 0.25) is 0 Å². The van der Waals surface area contributed by atoms with Gasteiger partial charge in [-0.3, -0.25) is 4.79 Å². The Morgan fingerprint density at radius 2 is 1.88 bits per heavy atom. The highest BCUT2D eigenvalue weighted by molar-refractivity contribution is 5.76. The molecule has 0 bridgehead atoms. The molecule has 0 aromatic carbocycles. The van der Waals surface area contributed by atoms with Crippen LogP contribution in [-0.4, -0.2) is 49.1 Å². The lowest BCUT2D eigenvalue weighted by atomic mass is 9.96. The maximum Gasteiger partial charge on any atom is 0.315 e. The third-order valence-electron chi connectivity index (χ3n) is 4.87. The van der Waals surface area contributed by atoms with Gasteiger partial charge in [0.25, 0.3) is 0 Å². The minimum Gasteiger partial charge on any atom is -0.346 e. The molecule has 0 aliphatic heterocycles. The zero-order chi connectivity index (χ0) is 17.9. The van der Waals surface area contributed by atoms with Crippen LogP contribution in [0.1, 0.15) is 65.2 Å². The van der Waals surface area contributed by atoms with Crippen molar-refractivity contribution in [2.75, 3.05) is 20.1 Å². The number of urea groups is 1. The van der Waals surface area contributed by atoms with Crippen molar-refractivity contribution in [1.82, 2.24) is 15.5 Å². The van der Waals surface area contributed by atoms with Gasteiger partial charge in [0.15, 0.2) is 0 Å². The van der Waals surface area contributed by atoms with Crippen molar-refractivity contribution in [3.8, 4) is 0 Å². The average molecular weight is 341 g/mol. The van der Waals surface area contributed by atoms with Gasteiger partial charge in [-0.2, -0.15) is 0 Å². The van der Waals surface area contributed by atoms with Crippen LogP contribution in [0.15, 0.2) is 0 Å². The molecule has 1 saturated carbocycles. The number of carbonyl (C=O) groups excluding carboxylic acids is 2. The maximum absolute atomic E-state index is 12.0. The third kappa shape index (κ3) is 8.52. The molecule has 0 aromatic rings. The normalized spacial score (nSPS) is 16.7. The summed E-state index contributed by atoms with van der Waals surface area (Å²) in [5.74, 6) is 0.542. The van der Waals surface area contributed by atoms with E-state index in [1.807, 2.05) is 7.05 Å². The molecule has 1 aliphatic carbocycles. The second-order valence-corrected chi connectivity index (χ2v) is 7.35. The molecule has 1 rings (SSSR count). The minimum absolute atomic E-state index is 0.106. The van der Waals surface area contributed by atoms with E-state index in [2.05, 4.69) is 24.5 Å². The van der Waals surface area contributed by atoms with E-state index in [9.17, 15) is 9.59 Å². The largest absolute Gasteiger partial charge is 0.346 e. The van der Waals surface area contributed by atoms with Gasteiger partial charge in [0, 0.05) is 38.6 Å². The quantitative estimate of drug-likeness (QED) is 0.563. The van der Waals surface area contributed by atoms with E-state index in [4.69, 9.17) is 5.73 Å². The van der Waals surface area contributed by atoms with E-state index >= 15 is 0 Å². The molecular weight excluding hydrogens is 304 g/mol. The van der Waals surface area contributed by atoms with Gasteiger partial charge in [0.1, 0.15) is 0 Å². The molecular formula is C18H36N4O2. The van der Waals surface area contributed by atoms with E-state index in [1.165, 1.54) is 19.3 Å². The highest BCUT2D eigenvalue weighted by Gasteiger charge is 2.16. The van der Waals surface area contributed by atoms with Gasteiger partial charge in [-0.05, 0) is 31.6 Å². The lowest BCUT2D eigenvalue weighted by Gasteiger charge is -2.23. The average Bonchev–Trinajstić information content (AvgIpc) is 2.56. The molecule has 0 heterocycles. The molecule has 0 radical (unpaired) electrons. The van der Waals surface area contributed by atoms with Crippen molar-refractivity contribution in [1.29, 1.82) is 0 Å². The zero-order valence-corrected chi connectivity index (χ0v) is 15.6. The predicted octanol–water partition coefficient (Wildman–Crippen LogP) is 2.23. The van der Waals surface area contributed by atoms with Gasteiger partial charge in [0.2, 0.25) is 5.91 Å². The first kappa shape index (κ1) is 20.7. The van der Waals surface area contributed by atoms with Crippen LogP contribution in [0, 0.1) is 5.92 Å². The number of nitrogens with one attached hydrogen (secondary N) is 2. The Hall–Kier alpha value is -1.30. The smallest absolute Gasteiger partial charge is 0.315 e. The van der Waals surface area contributed by atoms with E-state index in [-0.39, 0.29) is 18.0 Å². The van der Waals surface area contributed by atoms with E-state index < -0.39 is 0 Å². The Kier molecular flexibility index (Phi) is 9.76. The van der Waals surface area contributed by atoms with Crippen LogP contribution in [0.4, 0.5) is 4.79 Å². The summed E-state index contributed by atoms with van der Waals surface area (Å²) in [6, 6.07) is 0.340. The predicted molar refractivity (Wildman–Crippen MR) is 97.7 cm³/mol. The summed E-state index contributed by atoms with van der Waals surface area (Å²) in [6.45, 7) is 5.41. The van der Waals surface area contributed by atoms with Crippen LogP contribution in [0.25, 0.3) is 0 Å². The highest BCUT2D eigenvalue weighted by atomic mass is 16.2. The van der Waals surface area contributed by atoms with Gasteiger partial charge in [-0.25, -0.2) is 4.79 Å². The molecule has 6 nitrogen and oxygen atoms in total. The number of nitrogens with zero attached hydrogens (tertiary/aromatic N) is 1. The number of nitrogens with two attached hydrogens (primary N) is 1. The fourth-order valence-electron chi connectivity index (χ4n) is 2.92. The van der Waals surface area contributed by atoms with Gasteiger partial charge in [-0.15, -0.1) is 0 Å². The molecule has 4 N–H and O–H groups in total. The molecule has 1 aliphatic rings. The van der Waals surface area contributed by atoms with E-state index in [0.29, 0.717) is 37.9 Å². The lowest BCUT2D eigenvalue weighted by molar-refractivity contribution is -0.130. The number of hydrogen-bond acceptors (Lipinski definition) is 3. The first-order chi connectivity index (χ1) is 11.4. The first-order valence-corrected chi connectivity index (χ1v) is 9.44. The van der Waals surface area contributed by atoms with Crippen molar-refractivity contribution in [3.05, 3.63) is 0 Å². The van der Waals surface area contributed by atoms with Crippen LogP contribution < -0.4 is 16.4 Å². The molecule has 24 heavy (non-hydrogen) atoms. The monoisotopic (exact) mass is 340 g/mol. The van der Waals surface area contributed by atoms with Crippen LogP contribution in [0.5, 0.6) is 0 Å². The van der Waals surface area contributed by atoms with E-state index in [0.717, 1.165) is 19.3 Å². The number of amides is 3.